The first-order valence-electron chi connectivity index (χ1n) is 7.14. The monoisotopic (exact) mass is 314 g/mol. The number of rotatable bonds is 7. The van der Waals surface area contributed by atoms with E-state index in [4.69, 9.17) is 0 Å². The molecule has 1 atom stereocenters. The third kappa shape index (κ3) is 5.12. The second-order valence-electron chi connectivity index (χ2n) is 5.03. The van der Waals surface area contributed by atoms with Crippen LogP contribution >= 0.6 is 0 Å². The molecule has 2 aromatic carbocycles. The lowest BCUT2D eigenvalue weighted by atomic mass is 10.1. The van der Waals surface area contributed by atoms with E-state index in [1.165, 1.54) is 6.07 Å². The lowest BCUT2D eigenvalue weighted by Crippen LogP contribution is -2.39. The van der Waals surface area contributed by atoms with Crippen molar-refractivity contribution in [3.63, 3.8) is 0 Å². The molecule has 0 fully saturated rings. The fourth-order valence-electron chi connectivity index (χ4n) is 2.05. The van der Waals surface area contributed by atoms with Crippen LogP contribution in [-0.2, 0) is 16.1 Å². The highest BCUT2D eigenvalue weighted by atomic mass is 16.4. The average Bonchev–Trinajstić information content (AvgIpc) is 2.54. The third-order valence-corrected chi connectivity index (χ3v) is 3.26. The summed E-state index contributed by atoms with van der Waals surface area (Å²) in [5, 5.41) is 24.2. The number of phenolic OH excluding ortho intramolecular Hbond substituents is 1. The molecule has 0 radical (unpaired) electrons. The molecule has 1 amide bonds. The Bertz CT molecular complexity index is 673. The van der Waals surface area contributed by atoms with Crippen molar-refractivity contribution in [3.8, 4) is 5.75 Å². The summed E-state index contributed by atoms with van der Waals surface area (Å²) in [5.41, 5.74) is 1.18. The zero-order valence-corrected chi connectivity index (χ0v) is 12.4. The predicted octanol–water partition coefficient (Wildman–Crippen LogP) is 1.96. The van der Waals surface area contributed by atoms with E-state index >= 15 is 0 Å². The zero-order chi connectivity index (χ0) is 16.7. The first-order valence-corrected chi connectivity index (χ1v) is 7.14. The van der Waals surface area contributed by atoms with E-state index in [9.17, 15) is 19.8 Å². The van der Waals surface area contributed by atoms with Crippen LogP contribution in [0.15, 0.2) is 54.6 Å². The minimum atomic E-state index is -1.10. The van der Waals surface area contributed by atoms with Gasteiger partial charge >= 0.3 is 5.97 Å². The predicted molar refractivity (Wildman–Crippen MR) is 86.1 cm³/mol. The number of benzene rings is 2. The van der Waals surface area contributed by atoms with Crippen molar-refractivity contribution in [2.24, 2.45) is 0 Å². The van der Waals surface area contributed by atoms with Gasteiger partial charge in [0.2, 0.25) is 5.91 Å². The number of hydrogen-bond acceptors (Lipinski definition) is 4. The summed E-state index contributed by atoms with van der Waals surface area (Å²) in [6.07, 6.45) is -0.240. The molecule has 6 nitrogen and oxygen atoms in total. The van der Waals surface area contributed by atoms with Gasteiger partial charge in [-0.15, -0.1) is 0 Å². The van der Waals surface area contributed by atoms with Crippen molar-refractivity contribution < 1.29 is 19.8 Å². The number of nitrogens with one attached hydrogen (secondary N) is 2. The summed E-state index contributed by atoms with van der Waals surface area (Å²) in [5.74, 6) is -1.65. The highest BCUT2D eigenvalue weighted by Gasteiger charge is 2.21. The van der Waals surface area contributed by atoms with Crippen LogP contribution in [0.2, 0.25) is 0 Å². The van der Waals surface area contributed by atoms with Gasteiger partial charge in [-0.2, -0.15) is 0 Å². The number of anilines is 1. The van der Waals surface area contributed by atoms with E-state index in [0.717, 1.165) is 5.56 Å². The van der Waals surface area contributed by atoms with Crippen LogP contribution in [0.3, 0.4) is 0 Å². The first kappa shape index (κ1) is 16.5. The summed E-state index contributed by atoms with van der Waals surface area (Å²) in [6.45, 7) is 0.349. The maximum absolute atomic E-state index is 12.0. The van der Waals surface area contributed by atoms with Crippen LogP contribution < -0.4 is 10.6 Å². The van der Waals surface area contributed by atoms with Crippen molar-refractivity contribution in [3.05, 3.63) is 60.2 Å². The van der Waals surface area contributed by atoms with Crippen LogP contribution in [-0.4, -0.2) is 28.1 Å². The molecule has 0 saturated heterocycles. The molecule has 23 heavy (non-hydrogen) atoms. The summed E-state index contributed by atoms with van der Waals surface area (Å²) in [4.78, 5) is 23.2. The molecule has 0 saturated carbocycles. The van der Waals surface area contributed by atoms with E-state index in [1.54, 1.807) is 18.2 Å². The number of amides is 1. The van der Waals surface area contributed by atoms with E-state index in [2.05, 4.69) is 10.6 Å². The summed E-state index contributed by atoms with van der Waals surface area (Å²) >= 11 is 0. The van der Waals surface area contributed by atoms with Gasteiger partial charge in [0.15, 0.2) is 0 Å². The molecule has 0 aromatic heterocycles. The topological polar surface area (TPSA) is 98.7 Å². The number of hydrogen-bond donors (Lipinski definition) is 4. The summed E-state index contributed by atoms with van der Waals surface area (Å²) in [6, 6.07) is 14.6. The van der Waals surface area contributed by atoms with Gasteiger partial charge in [0, 0.05) is 6.54 Å². The van der Waals surface area contributed by atoms with Gasteiger partial charge in [0.25, 0.3) is 0 Å². The molecule has 0 spiro atoms. The molecular formula is C17H18N2O4. The van der Waals surface area contributed by atoms with Crippen molar-refractivity contribution in [2.75, 3.05) is 5.32 Å². The highest BCUT2D eigenvalue weighted by Crippen LogP contribution is 2.21. The lowest BCUT2D eigenvalue weighted by Gasteiger charge is -2.15. The number of carbonyl (C=O) groups excluding carboxylic acids is 1. The van der Waals surface area contributed by atoms with Crippen LogP contribution in [0, 0.1) is 0 Å². The standard InChI is InChI=1S/C17H18N2O4/c20-15-9-5-4-8-13(15)19-16(21)10-14(17(22)23)18-11-12-6-2-1-3-7-12/h1-9,14,18,20H,10-11H2,(H,19,21)(H,22,23). The van der Waals surface area contributed by atoms with Gasteiger partial charge in [-0.05, 0) is 17.7 Å². The van der Waals surface area contributed by atoms with E-state index in [0.29, 0.717) is 6.54 Å². The van der Waals surface area contributed by atoms with Gasteiger partial charge in [-0.3, -0.25) is 14.9 Å². The Morgan fingerprint density at radius 2 is 1.65 bits per heavy atom. The largest absolute Gasteiger partial charge is 0.506 e. The van der Waals surface area contributed by atoms with Crippen LogP contribution in [0.4, 0.5) is 5.69 Å². The minimum Gasteiger partial charge on any atom is -0.506 e. The molecule has 0 aliphatic heterocycles. The number of aromatic hydroxyl groups is 1. The number of carboxylic acids is 1. The molecule has 0 bridgehead atoms. The number of carbonyl (C=O) groups is 2. The Hall–Kier alpha value is -2.86. The maximum Gasteiger partial charge on any atom is 0.321 e. The molecule has 1 unspecified atom stereocenters. The molecule has 120 valence electrons. The normalized spacial score (nSPS) is 11.7. The second kappa shape index (κ2) is 7.95. The smallest absolute Gasteiger partial charge is 0.321 e. The molecular weight excluding hydrogens is 296 g/mol. The second-order valence-corrected chi connectivity index (χ2v) is 5.03. The molecule has 6 heteroatoms. The Kier molecular flexibility index (Phi) is 5.71. The number of carboxylic acid groups (broad SMARTS) is 1. The van der Waals surface area contributed by atoms with Gasteiger partial charge in [0.05, 0.1) is 12.1 Å². The lowest BCUT2D eigenvalue weighted by molar-refractivity contribution is -0.141. The van der Waals surface area contributed by atoms with E-state index < -0.39 is 17.9 Å². The number of aliphatic carboxylic acids is 1. The fourth-order valence-corrected chi connectivity index (χ4v) is 2.05. The summed E-state index contributed by atoms with van der Waals surface area (Å²) < 4.78 is 0. The van der Waals surface area contributed by atoms with Crippen molar-refractivity contribution >= 4 is 17.6 Å². The van der Waals surface area contributed by atoms with E-state index in [1.807, 2.05) is 30.3 Å². The van der Waals surface area contributed by atoms with Gasteiger partial charge in [-0.25, -0.2) is 0 Å². The molecule has 0 heterocycles. The Morgan fingerprint density at radius 1 is 1.00 bits per heavy atom. The van der Waals surface area contributed by atoms with Gasteiger partial charge in [-0.1, -0.05) is 42.5 Å². The number of phenols is 1. The quantitative estimate of drug-likeness (QED) is 0.586. The molecule has 2 aromatic rings. The van der Waals surface area contributed by atoms with Crippen LogP contribution in [0.5, 0.6) is 5.75 Å². The maximum atomic E-state index is 12.0. The SMILES string of the molecule is O=C(CC(NCc1ccccc1)C(=O)O)Nc1ccccc1O. The highest BCUT2D eigenvalue weighted by molar-refractivity contribution is 5.95. The Balaban J connectivity index is 1.92. The van der Waals surface area contributed by atoms with Crippen LogP contribution in [0.25, 0.3) is 0 Å². The Morgan fingerprint density at radius 3 is 2.30 bits per heavy atom. The van der Waals surface area contributed by atoms with Crippen molar-refractivity contribution in [2.45, 2.75) is 19.0 Å². The zero-order valence-electron chi connectivity index (χ0n) is 12.4. The first-order chi connectivity index (χ1) is 11.1. The molecule has 4 N–H and O–H groups in total. The van der Waals surface area contributed by atoms with E-state index in [-0.39, 0.29) is 17.9 Å². The molecule has 0 aliphatic carbocycles. The fraction of sp³-hybridized carbons (Fsp3) is 0.176. The van der Waals surface area contributed by atoms with Gasteiger partial charge < -0.3 is 15.5 Å². The average molecular weight is 314 g/mol. The molecule has 2 rings (SSSR count). The van der Waals surface area contributed by atoms with Crippen LogP contribution in [0.1, 0.15) is 12.0 Å². The van der Waals surface area contributed by atoms with Crippen molar-refractivity contribution in [1.29, 1.82) is 0 Å². The third-order valence-electron chi connectivity index (χ3n) is 3.26. The van der Waals surface area contributed by atoms with Gasteiger partial charge in [0.1, 0.15) is 11.8 Å². The van der Waals surface area contributed by atoms with Crippen molar-refractivity contribution in [1.82, 2.24) is 5.32 Å². The number of para-hydroxylation sites is 2. The molecule has 0 aliphatic rings. The minimum absolute atomic E-state index is 0.0648. The Labute approximate surface area is 133 Å². The summed E-state index contributed by atoms with van der Waals surface area (Å²) in [7, 11) is 0.